The van der Waals surface area contributed by atoms with Gasteiger partial charge in [-0.25, -0.2) is 9.97 Å². The van der Waals surface area contributed by atoms with Gasteiger partial charge in [0.2, 0.25) is 0 Å². The summed E-state index contributed by atoms with van der Waals surface area (Å²) < 4.78 is 4.10. The highest BCUT2D eigenvalue weighted by atomic mass is 15.3. The van der Waals surface area contributed by atoms with Gasteiger partial charge in [0.05, 0.1) is 17.6 Å². The highest BCUT2D eigenvalue weighted by Crippen LogP contribution is 2.30. The lowest BCUT2D eigenvalue weighted by Crippen LogP contribution is -2.18. The van der Waals surface area contributed by atoms with Gasteiger partial charge in [0.15, 0.2) is 0 Å². The van der Waals surface area contributed by atoms with E-state index in [4.69, 9.17) is 5.26 Å². The van der Waals surface area contributed by atoms with Gasteiger partial charge in [0.25, 0.3) is 0 Å². The lowest BCUT2D eigenvalue weighted by molar-refractivity contribution is 0.266. The van der Waals surface area contributed by atoms with E-state index >= 15 is 0 Å². The van der Waals surface area contributed by atoms with E-state index in [1.807, 2.05) is 35.3 Å². The van der Waals surface area contributed by atoms with Gasteiger partial charge in [-0.15, -0.1) is 0 Å². The number of fused-ring (bicyclic) bond motifs is 1. The molecule has 0 radical (unpaired) electrons. The van der Waals surface area contributed by atoms with Crippen LogP contribution in [-0.4, -0.2) is 24.1 Å². The molecule has 0 amide bonds. The van der Waals surface area contributed by atoms with E-state index in [-0.39, 0.29) is 0 Å². The average molecular weight is 354 g/mol. The zero-order chi connectivity index (χ0) is 18.2. The maximum Gasteiger partial charge on any atom is 0.141 e. The van der Waals surface area contributed by atoms with Crippen molar-refractivity contribution in [2.45, 2.75) is 25.8 Å². The van der Waals surface area contributed by atoms with Gasteiger partial charge in [-0.05, 0) is 43.0 Å². The highest BCUT2D eigenvalue weighted by molar-refractivity contribution is 5.73. The smallest absolute Gasteiger partial charge is 0.141 e. The molecule has 0 unspecified atom stereocenters. The van der Waals surface area contributed by atoms with Gasteiger partial charge >= 0.3 is 0 Å². The van der Waals surface area contributed by atoms with Crippen molar-refractivity contribution in [1.29, 1.82) is 5.26 Å². The molecule has 0 N–H and O–H groups in total. The number of hydrogen-bond donors (Lipinski definition) is 0. The van der Waals surface area contributed by atoms with Gasteiger partial charge < -0.3 is 0 Å². The number of aromatic nitrogens is 5. The molecule has 27 heavy (non-hydrogen) atoms. The van der Waals surface area contributed by atoms with Crippen LogP contribution < -0.4 is 0 Å². The predicted molar refractivity (Wildman–Crippen MR) is 102 cm³/mol. The van der Waals surface area contributed by atoms with Crippen LogP contribution in [0.25, 0.3) is 28.2 Å². The van der Waals surface area contributed by atoms with Crippen molar-refractivity contribution < 1.29 is 0 Å². The molecule has 1 aliphatic rings. The Morgan fingerprint density at radius 3 is 2.93 bits per heavy atom. The first-order valence-corrected chi connectivity index (χ1v) is 9.17. The van der Waals surface area contributed by atoms with Gasteiger partial charge in [-0.1, -0.05) is 12.5 Å². The Bertz CT molecular complexity index is 1160. The van der Waals surface area contributed by atoms with E-state index in [9.17, 15) is 0 Å². The molecule has 4 aromatic heterocycles. The minimum atomic E-state index is 0.408. The standard InChI is InChI=1S/C21H18N6/c22-11-18-5-2-6-19(25-18)16-9-20(27-8-7-23-21(27)10-16)17-12-24-26(14-17)13-15-3-1-4-15/h2,5-10,12,14-15H,1,3-4,13H2. The highest BCUT2D eigenvalue weighted by Gasteiger charge is 2.18. The summed E-state index contributed by atoms with van der Waals surface area (Å²) in [6.07, 6.45) is 11.7. The third kappa shape index (κ3) is 2.87. The Labute approximate surface area is 156 Å². The molecule has 4 aromatic rings. The fourth-order valence-corrected chi connectivity index (χ4v) is 3.59. The second kappa shape index (κ2) is 6.36. The quantitative estimate of drug-likeness (QED) is 0.557. The molecule has 0 saturated heterocycles. The molecule has 1 saturated carbocycles. The molecule has 6 heteroatoms. The van der Waals surface area contributed by atoms with E-state index < -0.39 is 0 Å². The van der Waals surface area contributed by atoms with E-state index in [0.29, 0.717) is 5.69 Å². The maximum atomic E-state index is 9.14. The van der Waals surface area contributed by atoms with Crippen LogP contribution in [0.3, 0.4) is 0 Å². The number of nitrogens with zero attached hydrogens (tertiary/aromatic N) is 6. The summed E-state index contributed by atoms with van der Waals surface area (Å²) in [5.41, 5.74) is 5.03. The van der Waals surface area contributed by atoms with Crippen molar-refractivity contribution in [3.05, 3.63) is 60.8 Å². The summed E-state index contributed by atoms with van der Waals surface area (Å²) in [7, 11) is 0. The third-order valence-electron chi connectivity index (χ3n) is 5.26. The Hall–Kier alpha value is -3.46. The van der Waals surface area contributed by atoms with Crippen molar-refractivity contribution in [2.24, 2.45) is 5.92 Å². The molecule has 1 fully saturated rings. The molecule has 6 nitrogen and oxygen atoms in total. The van der Waals surface area contributed by atoms with Gasteiger partial charge in [0, 0.05) is 36.3 Å². The maximum absolute atomic E-state index is 9.14. The fraction of sp³-hybridized carbons (Fsp3) is 0.238. The third-order valence-corrected chi connectivity index (χ3v) is 5.26. The minimum absolute atomic E-state index is 0.408. The molecule has 1 aliphatic carbocycles. The van der Waals surface area contributed by atoms with Crippen LogP contribution in [0.4, 0.5) is 0 Å². The van der Waals surface area contributed by atoms with Crippen LogP contribution in [0.1, 0.15) is 25.0 Å². The molecular weight excluding hydrogens is 336 g/mol. The van der Waals surface area contributed by atoms with Crippen molar-refractivity contribution >= 4 is 5.65 Å². The molecule has 5 rings (SSSR count). The van der Waals surface area contributed by atoms with Crippen molar-refractivity contribution in [1.82, 2.24) is 24.1 Å². The summed E-state index contributed by atoms with van der Waals surface area (Å²) in [4.78, 5) is 8.89. The average Bonchev–Trinajstić information content (AvgIpc) is 3.33. The van der Waals surface area contributed by atoms with Gasteiger partial charge in [0.1, 0.15) is 17.4 Å². The molecule has 0 aliphatic heterocycles. The summed E-state index contributed by atoms with van der Waals surface area (Å²) in [6.45, 7) is 0.985. The molecular formula is C21H18N6. The van der Waals surface area contributed by atoms with Crippen LogP contribution in [-0.2, 0) is 6.54 Å². The topological polar surface area (TPSA) is 71.8 Å². The Kier molecular flexibility index (Phi) is 3.72. The molecule has 132 valence electrons. The zero-order valence-corrected chi connectivity index (χ0v) is 14.8. The first-order chi connectivity index (χ1) is 13.3. The zero-order valence-electron chi connectivity index (χ0n) is 14.8. The van der Waals surface area contributed by atoms with Crippen LogP contribution in [0, 0.1) is 17.2 Å². The Morgan fingerprint density at radius 2 is 2.11 bits per heavy atom. The monoisotopic (exact) mass is 354 g/mol. The van der Waals surface area contributed by atoms with Gasteiger partial charge in [-0.3, -0.25) is 9.08 Å². The SMILES string of the molecule is N#Cc1cccc(-c2cc(-c3cnn(CC4CCC4)c3)n3ccnc3c2)n1. The minimum Gasteiger partial charge on any atom is -0.300 e. The number of imidazole rings is 1. The lowest BCUT2D eigenvalue weighted by Gasteiger charge is -2.24. The largest absolute Gasteiger partial charge is 0.300 e. The van der Waals surface area contributed by atoms with Crippen molar-refractivity contribution in [3.8, 4) is 28.6 Å². The second-order valence-corrected chi connectivity index (χ2v) is 7.05. The van der Waals surface area contributed by atoms with Crippen molar-refractivity contribution in [3.63, 3.8) is 0 Å². The van der Waals surface area contributed by atoms with Crippen LogP contribution >= 0.6 is 0 Å². The van der Waals surface area contributed by atoms with E-state index in [1.165, 1.54) is 19.3 Å². The fourth-order valence-electron chi connectivity index (χ4n) is 3.59. The number of pyridine rings is 2. The van der Waals surface area contributed by atoms with Crippen LogP contribution in [0.2, 0.25) is 0 Å². The first-order valence-electron chi connectivity index (χ1n) is 9.17. The molecule has 4 heterocycles. The summed E-state index contributed by atoms with van der Waals surface area (Å²) in [5, 5.41) is 13.7. The van der Waals surface area contributed by atoms with E-state index in [1.54, 1.807) is 12.3 Å². The Morgan fingerprint density at radius 1 is 1.19 bits per heavy atom. The van der Waals surface area contributed by atoms with Crippen LogP contribution in [0.5, 0.6) is 0 Å². The second-order valence-electron chi connectivity index (χ2n) is 7.05. The van der Waals surface area contributed by atoms with E-state index in [0.717, 1.165) is 40.6 Å². The van der Waals surface area contributed by atoms with E-state index in [2.05, 4.69) is 37.8 Å². The number of nitriles is 1. The van der Waals surface area contributed by atoms with Gasteiger partial charge in [-0.2, -0.15) is 10.4 Å². The first kappa shape index (κ1) is 15.8. The summed E-state index contributed by atoms with van der Waals surface area (Å²) in [5.74, 6) is 0.760. The van der Waals surface area contributed by atoms with Crippen molar-refractivity contribution in [2.75, 3.05) is 0 Å². The number of rotatable bonds is 4. The summed E-state index contributed by atoms with van der Waals surface area (Å²) >= 11 is 0. The summed E-state index contributed by atoms with van der Waals surface area (Å²) in [6, 6.07) is 11.7. The molecule has 0 bridgehead atoms. The molecule has 0 aromatic carbocycles. The Balaban J connectivity index is 1.59. The number of hydrogen-bond acceptors (Lipinski definition) is 4. The lowest BCUT2D eigenvalue weighted by atomic mass is 9.85. The van der Waals surface area contributed by atoms with Crippen LogP contribution in [0.15, 0.2) is 55.1 Å². The molecule has 0 atom stereocenters. The normalized spacial score (nSPS) is 14.2. The predicted octanol–water partition coefficient (Wildman–Crippen LogP) is 3.93. The molecule has 0 spiro atoms.